The summed E-state index contributed by atoms with van der Waals surface area (Å²) >= 11 is 0. The molecule has 0 radical (unpaired) electrons. The molecule has 1 unspecified atom stereocenters. The number of carbonyl (C=O) groups is 1. The van der Waals surface area contributed by atoms with Crippen LogP contribution in [0.1, 0.15) is 16.9 Å². The summed E-state index contributed by atoms with van der Waals surface area (Å²) in [5.74, 6) is 0.110. The lowest BCUT2D eigenvalue weighted by atomic mass is 10.2. The summed E-state index contributed by atoms with van der Waals surface area (Å²) in [5, 5.41) is 1.03. The molecule has 1 saturated heterocycles. The van der Waals surface area contributed by atoms with E-state index in [0.29, 0.717) is 25.4 Å². The maximum atomic E-state index is 12.5. The molecule has 1 atom stereocenters. The van der Waals surface area contributed by atoms with Crippen LogP contribution in [0.2, 0.25) is 0 Å². The lowest BCUT2D eigenvalue weighted by molar-refractivity contribution is 0.0764. The number of H-pyrrole nitrogens is 2. The van der Waals surface area contributed by atoms with Gasteiger partial charge in [-0.2, -0.15) is 0 Å². The maximum absolute atomic E-state index is 12.5. The summed E-state index contributed by atoms with van der Waals surface area (Å²) in [4.78, 5) is 45.6. The summed E-state index contributed by atoms with van der Waals surface area (Å²) in [6.45, 7) is 0.841. The zero-order valence-corrected chi connectivity index (χ0v) is 13.8. The molecule has 0 saturated carbocycles. The Morgan fingerprint density at radius 3 is 2.85 bits per heavy atom. The largest absolute Gasteiger partial charge is 0.472 e. The van der Waals surface area contributed by atoms with Gasteiger partial charge in [-0.3, -0.25) is 14.6 Å². The van der Waals surface area contributed by atoms with Gasteiger partial charge >= 0.3 is 5.69 Å². The van der Waals surface area contributed by atoms with Crippen molar-refractivity contribution < 1.29 is 9.53 Å². The van der Waals surface area contributed by atoms with Crippen molar-refractivity contribution in [2.45, 2.75) is 12.5 Å². The van der Waals surface area contributed by atoms with Gasteiger partial charge in [-0.15, -0.1) is 0 Å². The second-order valence-electron chi connectivity index (χ2n) is 6.12. The van der Waals surface area contributed by atoms with Gasteiger partial charge in [0.15, 0.2) is 0 Å². The van der Waals surface area contributed by atoms with Gasteiger partial charge < -0.3 is 14.6 Å². The molecule has 4 rings (SSSR count). The minimum absolute atomic E-state index is 0.0248. The smallest absolute Gasteiger partial charge is 0.326 e. The van der Waals surface area contributed by atoms with Gasteiger partial charge in [0.1, 0.15) is 11.8 Å². The molecule has 8 heteroatoms. The molecule has 2 N–H and O–H groups in total. The van der Waals surface area contributed by atoms with Crippen LogP contribution in [0.4, 0.5) is 0 Å². The molecule has 0 spiro atoms. The first-order chi connectivity index (χ1) is 12.6. The number of benzene rings is 1. The number of carbonyl (C=O) groups excluding carboxylic acids is 1. The van der Waals surface area contributed by atoms with Gasteiger partial charge in [-0.05, 0) is 12.1 Å². The van der Waals surface area contributed by atoms with E-state index in [2.05, 4.69) is 9.97 Å². The van der Waals surface area contributed by atoms with E-state index in [1.807, 2.05) is 35.3 Å². The van der Waals surface area contributed by atoms with Crippen LogP contribution in [0, 0.1) is 0 Å². The molecule has 1 aliphatic heterocycles. The molecule has 8 nitrogen and oxygen atoms in total. The number of pyridine rings is 1. The second-order valence-corrected chi connectivity index (χ2v) is 6.12. The molecule has 1 aromatic carbocycles. The van der Waals surface area contributed by atoms with Crippen LogP contribution >= 0.6 is 0 Å². The second kappa shape index (κ2) is 6.47. The Labute approximate surface area is 147 Å². The maximum Gasteiger partial charge on any atom is 0.326 e. The van der Waals surface area contributed by atoms with Crippen molar-refractivity contribution in [2.75, 3.05) is 13.1 Å². The van der Waals surface area contributed by atoms with E-state index >= 15 is 0 Å². The van der Waals surface area contributed by atoms with E-state index in [1.165, 1.54) is 0 Å². The monoisotopic (exact) mass is 352 g/mol. The Kier molecular flexibility index (Phi) is 4.00. The normalized spacial score (nSPS) is 16.8. The van der Waals surface area contributed by atoms with Gasteiger partial charge in [0.05, 0.1) is 12.1 Å². The first kappa shape index (κ1) is 16.1. The van der Waals surface area contributed by atoms with Crippen LogP contribution in [0.15, 0.2) is 52.1 Å². The molecule has 132 valence electrons. The van der Waals surface area contributed by atoms with Crippen LogP contribution in [0.5, 0.6) is 5.88 Å². The number of amides is 1. The van der Waals surface area contributed by atoms with Crippen LogP contribution < -0.4 is 16.0 Å². The Bertz CT molecular complexity index is 1060. The van der Waals surface area contributed by atoms with Crippen molar-refractivity contribution in [3.63, 3.8) is 0 Å². The number of para-hydroxylation sites is 1. The Balaban J connectivity index is 1.46. The zero-order valence-electron chi connectivity index (χ0n) is 13.8. The van der Waals surface area contributed by atoms with Crippen molar-refractivity contribution in [2.24, 2.45) is 0 Å². The van der Waals surface area contributed by atoms with E-state index in [9.17, 15) is 14.4 Å². The van der Waals surface area contributed by atoms with Gasteiger partial charge in [0.25, 0.3) is 11.5 Å². The molecule has 1 fully saturated rings. The van der Waals surface area contributed by atoms with Crippen LogP contribution in [0.3, 0.4) is 0 Å². The minimum Gasteiger partial charge on any atom is -0.472 e. The van der Waals surface area contributed by atoms with E-state index in [0.717, 1.165) is 17.0 Å². The quantitative estimate of drug-likeness (QED) is 0.728. The Morgan fingerprint density at radius 1 is 1.15 bits per heavy atom. The fourth-order valence-electron chi connectivity index (χ4n) is 3.05. The average Bonchev–Trinajstić information content (AvgIpc) is 3.08. The molecule has 0 aliphatic carbocycles. The molecule has 2 aromatic heterocycles. The average molecular weight is 352 g/mol. The topological polar surface area (TPSA) is 108 Å². The third-order valence-corrected chi connectivity index (χ3v) is 4.28. The number of hydrogen-bond donors (Lipinski definition) is 2. The van der Waals surface area contributed by atoms with Crippen molar-refractivity contribution in [3.8, 4) is 5.88 Å². The third-order valence-electron chi connectivity index (χ3n) is 4.28. The number of nitrogens with zero attached hydrogens (tertiary/aromatic N) is 2. The summed E-state index contributed by atoms with van der Waals surface area (Å²) in [6, 6.07) is 12.6. The first-order valence-corrected chi connectivity index (χ1v) is 8.24. The molecule has 3 heterocycles. The predicted molar refractivity (Wildman–Crippen MR) is 94.4 cm³/mol. The molecular weight excluding hydrogens is 336 g/mol. The highest BCUT2D eigenvalue weighted by Crippen LogP contribution is 2.20. The highest BCUT2D eigenvalue weighted by atomic mass is 16.5. The molecule has 0 bridgehead atoms. The Hall–Kier alpha value is -3.42. The van der Waals surface area contributed by atoms with E-state index < -0.39 is 17.2 Å². The molecular formula is C18H16N4O4. The highest BCUT2D eigenvalue weighted by molar-refractivity contribution is 5.92. The van der Waals surface area contributed by atoms with E-state index in [1.54, 1.807) is 11.0 Å². The van der Waals surface area contributed by atoms with Crippen LogP contribution in [-0.4, -0.2) is 45.0 Å². The predicted octanol–water partition coefficient (Wildman–Crippen LogP) is 0.905. The van der Waals surface area contributed by atoms with Gasteiger partial charge in [0, 0.05) is 30.5 Å². The SMILES string of the molecule is O=C(c1cc(=O)[nH]c(=O)[nH]1)N1CCC(Oc2ccc3ccccc3n2)C1. The zero-order chi connectivity index (χ0) is 18.1. The van der Waals surface area contributed by atoms with Crippen LogP contribution in [0.25, 0.3) is 10.9 Å². The first-order valence-electron chi connectivity index (χ1n) is 8.24. The number of nitrogens with one attached hydrogen (secondary N) is 2. The Morgan fingerprint density at radius 2 is 2.00 bits per heavy atom. The van der Waals surface area contributed by atoms with E-state index in [-0.39, 0.29) is 11.8 Å². The highest BCUT2D eigenvalue weighted by Gasteiger charge is 2.29. The fraction of sp³-hybridized carbons (Fsp3) is 0.222. The molecule has 1 aliphatic rings. The van der Waals surface area contributed by atoms with Gasteiger partial charge in [0.2, 0.25) is 5.88 Å². The lowest BCUT2D eigenvalue weighted by Crippen LogP contribution is -2.34. The fourth-order valence-corrected chi connectivity index (χ4v) is 3.05. The summed E-state index contributed by atoms with van der Waals surface area (Å²) < 4.78 is 5.90. The van der Waals surface area contributed by atoms with Crippen molar-refractivity contribution in [3.05, 3.63) is 69.0 Å². The summed E-state index contributed by atoms with van der Waals surface area (Å²) in [6.07, 6.45) is 0.453. The van der Waals surface area contributed by atoms with Crippen molar-refractivity contribution in [1.29, 1.82) is 0 Å². The van der Waals surface area contributed by atoms with Crippen molar-refractivity contribution >= 4 is 16.8 Å². The number of ether oxygens (including phenoxy) is 1. The third kappa shape index (κ3) is 3.21. The number of aromatic amines is 2. The molecule has 1 amide bonds. The van der Waals surface area contributed by atoms with Gasteiger partial charge in [-0.25, -0.2) is 9.78 Å². The van der Waals surface area contributed by atoms with Crippen LogP contribution in [-0.2, 0) is 0 Å². The number of likely N-dealkylation sites (tertiary alicyclic amines) is 1. The molecule has 26 heavy (non-hydrogen) atoms. The number of rotatable bonds is 3. The summed E-state index contributed by atoms with van der Waals surface area (Å²) in [5.41, 5.74) is -0.488. The minimum atomic E-state index is -0.701. The number of fused-ring (bicyclic) bond motifs is 1. The van der Waals surface area contributed by atoms with Gasteiger partial charge in [-0.1, -0.05) is 18.2 Å². The number of hydrogen-bond acceptors (Lipinski definition) is 5. The summed E-state index contributed by atoms with van der Waals surface area (Å²) in [7, 11) is 0. The number of aromatic nitrogens is 3. The standard InChI is InChI=1S/C18H16N4O4/c23-15-9-14(20-18(25)21-15)17(24)22-8-7-12(10-22)26-16-6-5-11-3-1-2-4-13(11)19-16/h1-6,9,12H,7-8,10H2,(H2,20,21,23,25). The van der Waals surface area contributed by atoms with E-state index in [4.69, 9.17) is 4.74 Å². The lowest BCUT2D eigenvalue weighted by Gasteiger charge is -2.16. The van der Waals surface area contributed by atoms with Crippen molar-refractivity contribution in [1.82, 2.24) is 19.9 Å². The molecule has 3 aromatic rings.